The zero-order chi connectivity index (χ0) is 11.0. The minimum atomic E-state index is 0.711. The van der Waals surface area contributed by atoms with Crippen molar-refractivity contribution >= 4 is 16.6 Å². The molecule has 2 aromatic heterocycles. The largest absolute Gasteiger partial charge is 0.399 e. The Bertz CT molecular complexity index is 629. The molecule has 5 heteroatoms. The quantitative estimate of drug-likeness (QED) is 0.617. The maximum absolute atomic E-state index is 5.76. The van der Waals surface area contributed by atoms with Crippen LogP contribution in [0.3, 0.4) is 0 Å². The lowest BCUT2D eigenvalue weighted by Crippen LogP contribution is -1.99. The van der Waals surface area contributed by atoms with Crippen LogP contribution >= 0.6 is 0 Å². The van der Waals surface area contributed by atoms with E-state index in [-0.39, 0.29) is 0 Å². The van der Waals surface area contributed by atoms with Crippen molar-refractivity contribution in [3.63, 3.8) is 0 Å². The molecular formula is C11H9N5. The fraction of sp³-hybridized carbons (Fsp3) is 0. The number of nitrogen functional groups attached to an aromatic ring is 1. The van der Waals surface area contributed by atoms with Crippen molar-refractivity contribution in [3.05, 3.63) is 43.0 Å². The summed E-state index contributed by atoms with van der Waals surface area (Å²) in [6.07, 6.45) is 4.97. The number of rotatable bonds is 1. The van der Waals surface area contributed by atoms with Gasteiger partial charge in [0.1, 0.15) is 6.33 Å². The second-order valence-corrected chi connectivity index (χ2v) is 3.44. The number of hydrogen-bond acceptors (Lipinski definition) is 4. The Morgan fingerprint density at radius 2 is 2.12 bits per heavy atom. The molecule has 0 aliphatic rings. The maximum atomic E-state index is 5.76. The molecule has 2 N–H and O–H groups in total. The lowest BCUT2D eigenvalue weighted by atomic mass is 10.2. The lowest BCUT2D eigenvalue weighted by Gasteiger charge is -2.01. The summed E-state index contributed by atoms with van der Waals surface area (Å²) in [4.78, 5) is 8.03. The number of hydrogen-bond donors (Lipinski definition) is 1. The molecule has 3 rings (SSSR count). The first kappa shape index (κ1) is 8.84. The first-order valence-corrected chi connectivity index (χ1v) is 4.84. The minimum absolute atomic E-state index is 0.711. The average Bonchev–Trinajstić information content (AvgIpc) is 2.73. The van der Waals surface area contributed by atoms with Crippen LogP contribution in [0.5, 0.6) is 0 Å². The Morgan fingerprint density at radius 3 is 2.94 bits per heavy atom. The molecule has 2 heterocycles. The zero-order valence-corrected chi connectivity index (χ0v) is 8.41. The number of nitrogens with two attached hydrogens (primary N) is 1. The summed E-state index contributed by atoms with van der Waals surface area (Å²) >= 11 is 0. The van der Waals surface area contributed by atoms with Crippen molar-refractivity contribution in [2.24, 2.45) is 0 Å². The summed E-state index contributed by atoms with van der Waals surface area (Å²) in [7, 11) is 0. The van der Waals surface area contributed by atoms with Gasteiger partial charge in [0.2, 0.25) is 0 Å². The second-order valence-electron chi connectivity index (χ2n) is 3.44. The SMILES string of the molecule is Nc1ccc2cnn(-c3ccncn3)c2c1. The normalized spacial score (nSPS) is 10.8. The Morgan fingerprint density at radius 1 is 1.19 bits per heavy atom. The van der Waals surface area contributed by atoms with Crippen LogP contribution in [-0.2, 0) is 0 Å². The van der Waals surface area contributed by atoms with E-state index in [1.165, 1.54) is 6.33 Å². The van der Waals surface area contributed by atoms with Crippen molar-refractivity contribution in [2.75, 3.05) is 5.73 Å². The summed E-state index contributed by atoms with van der Waals surface area (Å²) in [6, 6.07) is 7.48. The van der Waals surface area contributed by atoms with E-state index in [1.807, 2.05) is 18.2 Å². The van der Waals surface area contributed by atoms with E-state index in [0.29, 0.717) is 5.69 Å². The molecule has 0 saturated carbocycles. The summed E-state index contributed by atoms with van der Waals surface area (Å²) in [5.74, 6) is 0.732. The Kier molecular flexibility index (Phi) is 1.83. The fourth-order valence-electron chi connectivity index (χ4n) is 1.63. The van der Waals surface area contributed by atoms with Crippen molar-refractivity contribution in [3.8, 4) is 5.82 Å². The van der Waals surface area contributed by atoms with Crippen LogP contribution in [-0.4, -0.2) is 19.7 Å². The van der Waals surface area contributed by atoms with Crippen LogP contribution in [0.15, 0.2) is 43.0 Å². The molecule has 78 valence electrons. The third-order valence-corrected chi connectivity index (χ3v) is 2.38. The van der Waals surface area contributed by atoms with Gasteiger partial charge >= 0.3 is 0 Å². The molecule has 0 aliphatic carbocycles. The van der Waals surface area contributed by atoms with Gasteiger partial charge in [-0.2, -0.15) is 5.10 Å². The lowest BCUT2D eigenvalue weighted by molar-refractivity contribution is 0.866. The van der Waals surface area contributed by atoms with Crippen LogP contribution in [0.2, 0.25) is 0 Å². The number of aromatic nitrogens is 4. The molecular weight excluding hydrogens is 202 g/mol. The highest BCUT2D eigenvalue weighted by atomic mass is 15.3. The molecule has 0 saturated heterocycles. The van der Waals surface area contributed by atoms with Gasteiger partial charge < -0.3 is 5.73 Å². The fourth-order valence-corrected chi connectivity index (χ4v) is 1.63. The van der Waals surface area contributed by atoms with Crippen LogP contribution in [0, 0.1) is 0 Å². The number of nitrogens with zero attached hydrogens (tertiary/aromatic N) is 4. The highest BCUT2D eigenvalue weighted by molar-refractivity contribution is 5.83. The number of fused-ring (bicyclic) bond motifs is 1. The van der Waals surface area contributed by atoms with Crippen LogP contribution in [0.1, 0.15) is 0 Å². The van der Waals surface area contributed by atoms with Crippen LogP contribution in [0.4, 0.5) is 5.69 Å². The number of anilines is 1. The first-order chi connectivity index (χ1) is 7.84. The maximum Gasteiger partial charge on any atom is 0.157 e. The molecule has 0 radical (unpaired) electrons. The monoisotopic (exact) mass is 211 g/mol. The smallest absolute Gasteiger partial charge is 0.157 e. The zero-order valence-electron chi connectivity index (χ0n) is 8.41. The topological polar surface area (TPSA) is 69.6 Å². The van der Waals surface area contributed by atoms with E-state index < -0.39 is 0 Å². The highest BCUT2D eigenvalue weighted by Crippen LogP contribution is 2.19. The predicted molar refractivity (Wildman–Crippen MR) is 61.1 cm³/mol. The van der Waals surface area contributed by atoms with Gasteiger partial charge in [0.15, 0.2) is 5.82 Å². The second kappa shape index (κ2) is 3.30. The third-order valence-electron chi connectivity index (χ3n) is 2.38. The average molecular weight is 211 g/mol. The van der Waals surface area contributed by atoms with E-state index in [1.54, 1.807) is 23.1 Å². The molecule has 0 bridgehead atoms. The van der Waals surface area contributed by atoms with Crippen molar-refractivity contribution in [1.29, 1.82) is 0 Å². The van der Waals surface area contributed by atoms with Gasteiger partial charge in [-0.05, 0) is 18.2 Å². The van der Waals surface area contributed by atoms with Crippen molar-refractivity contribution in [2.45, 2.75) is 0 Å². The molecule has 0 amide bonds. The molecule has 1 aromatic carbocycles. The molecule has 0 atom stereocenters. The van der Waals surface area contributed by atoms with E-state index in [4.69, 9.17) is 5.73 Å². The minimum Gasteiger partial charge on any atom is -0.399 e. The first-order valence-electron chi connectivity index (χ1n) is 4.84. The summed E-state index contributed by atoms with van der Waals surface area (Å²) in [5, 5.41) is 5.31. The van der Waals surface area contributed by atoms with E-state index in [2.05, 4.69) is 15.1 Å². The molecule has 0 spiro atoms. The highest BCUT2D eigenvalue weighted by Gasteiger charge is 2.05. The molecule has 5 nitrogen and oxygen atoms in total. The molecule has 0 unspecified atom stereocenters. The van der Waals surface area contributed by atoms with Gasteiger partial charge in [-0.25, -0.2) is 14.6 Å². The van der Waals surface area contributed by atoms with Gasteiger partial charge in [-0.15, -0.1) is 0 Å². The predicted octanol–water partition coefficient (Wildman–Crippen LogP) is 1.40. The van der Waals surface area contributed by atoms with E-state index in [0.717, 1.165) is 16.7 Å². The van der Waals surface area contributed by atoms with Crippen molar-refractivity contribution in [1.82, 2.24) is 19.7 Å². The third kappa shape index (κ3) is 1.30. The van der Waals surface area contributed by atoms with E-state index in [9.17, 15) is 0 Å². The Labute approximate surface area is 91.6 Å². The summed E-state index contributed by atoms with van der Waals surface area (Å²) < 4.78 is 1.74. The van der Waals surface area contributed by atoms with E-state index >= 15 is 0 Å². The van der Waals surface area contributed by atoms with Gasteiger partial charge in [0.05, 0.1) is 11.7 Å². The van der Waals surface area contributed by atoms with Gasteiger partial charge in [0.25, 0.3) is 0 Å². The number of benzene rings is 1. The van der Waals surface area contributed by atoms with Gasteiger partial charge in [-0.3, -0.25) is 0 Å². The molecule has 16 heavy (non-hydrogen) atoms. The molecule has 0 aliphatic heterocycles. The Balaban J connectivity index is 2.29. The molecule has 0 fully saturated rings. The van der Waals surface area contributed by atoms with Crippen LogP contribution in [0.25, 0.3) is 16.7 Å². The van der Waals surface area contributed by atoms with Crippen LogP contribution < -0.4 is 5.73 Å². The van der Waals surface area contributed by atoms with Gasteiger partial charge in [0, 0.05) is 23.3 Å². The molecule has 3 aromatic rings. The standard InChI is InChI=1S/C11H9N5/c12-9-2-1-8-6-15-16(10(8)5-9)11-3-4-13-7-14-11/h1-7H,12H2. The summed E-state index contributed by atoms with van der Waals surface area (Å²) in [6.45, 7) is 0. The summed E-state index contributed by atoms with van der Waals surface area (Å²) in [5.41, 5.74) is 7.41. The van der Waals surface area contributed by atoms with Crippen molar-refractivity contribution < 1.29 is 0 Å². The Hall–Kier alpha value is -2.43. The van der Waals surface area contributed by atoms with Gasteiger partial charge in [-0.1, -0.05) is 0 Å².